The predicted octanol–water partition coefficient (Wildman–Crippen LogP) is 4.92. The number of nitrogens with two attached hydrogens (primary N) is 1. The second kappa shape index (κ2) is 10.2. The van der Waals surface area contributed by atoms with E-state index in [1.54, 1.807) is 11.8 Å². The van der Waals surface area contributed by atoms with Gasteiger partial charge in [0.1, 0.15) is 5.75 Å². The summed E-state index contributed by atoms with van der Waals surface area (Å²) < 4.78 is 6.08. The van der Waals surface area contributed by atoms with Crippen LogP contribution >= 0.6 is 11.8 Å². The van der Waals surface area contributed by atoms with Crippen LogP contribution in [-0.4, -0.2) is 41.4 Å². The molecule has 0 radical (unpaired) electrons. The third-order valence-electron chi connectivity index (χ3n) is 6.32. The van der Waals surface area contributed by atoms with Crippen molar-refractivity contribution >= 4 is 23.4 Å². The van der Waals surface area contributed by atoms with Crippen molar-refractivity contribution < 1.29 is 9.53 Å². The van der Waals surface area contributed by atoms with E-state index >= 15 is 0 Å². The number of hydrazine groups is 2. The average molecular weight is 475 g/mol. The molecule has 1 unspecified atom stereocenters. The smallest absolute Gasteiger partial charge is 0.258 e. The molecule has 1 atom stereocenters. The zero-order valence-corrected chi connectivity index (χ0v) is 20.3. The van der Waals surface area contributed by atoms with Crippen LogP contribution in [0.5, 0.6) is 5.75 Å². The van der Waals surface area contributed by atoms with E-state index in [1.807, 2.05) is 41.4 Å². The summed E-state index contributed by atoms with van der Waals surface area (Å²) in [6.07, 6.45) is 7.61. The predicted molar refractivity (Wildman–Crippen MR) is 136 cm³/mol. The molecule has 1 aliphatic carbocycles. The lowest BCUT2D eigenvalue weighted by Gasteiger charge is -2.30. The highest BCUT2D eigenvalue weighted by atomic mass is 32.2. The monoisotopic (exact) mass is 474 g/mol. The fraction of sp³-hybridized carbons (Fsp3) is 0.333. The third-order valence-corrected chi connectivity index (χ3v) is 7.49. The van der Waals surface area contributed by atoms with Gasteiger partial charge in [0, 0.05) is 40.4 Å². The number of hydrogen-bond acceptors (Lipinski definition) is 6. The van der Waals surface area contributed by atoms with Gasteiger partial charge in [0.05, 0.1) is 23.9 Å². The summed E-state index contributed by atoms with van der Waals surface area (Å²) in [7, 11) is 0. The van der Waals surface area contributed by atoms with Gasteiger partial charge in [-0.1, -0.05) is 55.1 Å². The van der Waals surface area contributed by atoms with Gasteiger partial charge in [-0.2, -0.15) is 0 Å². The van der Waals surface area contributed by atoms with Crippen molar-refractivity contribution in [3.05, 3.63) is 82.4 Å². The molecule has 34 heavy (non-hydrogen) atoms. The summed E-state index contributed by atoms with van der Waals surface area (Å²) in [6.45, 7) is 4.41. The molecule has 6 nitrogen and oxygen atoms in total. The number of para-hydroxylation sites is 1. The SMILES string of the molecule is CCCOc1ccccc1C1=NC2=C(C=CC(C(=O)N(N)N3CCCC3)C2)Sc2ccccc21. The molecule has 0 aromatic heterocycles. The molecule has 2 aliphatic heterocycles. The largest absolute Gasteiger partial charge is 0.493 e. The zero-order valence-electron chi connectivity index (χ0n) is 19.4. The molecule has 1 fully saturated rings. The number of ether oxygens (including phenoxy) is 1. The number of carbonyl (C=O) groups excluding carboxylic acids is 1. The van der Waals surface area contributed by atoms with E-state index in [4.69, 9.17) is 15.6 Å². The average Bonchev–Trinajstić information content (AvgIpc) is 3.36. The Morgan fingerprint density at radius 2 is 1.88 bits per heavy atom. The Balaban J connectivity index is 1.51. The molecule has 0 spiro atoms. The Bertz CT molecular complexity index is 1170. The van der Waals surface area contributed by atoms with E-state index in [0.29, 0.717) is 13.0 Å². The normalized spacial score (nSPS) is 19.8. The van der Waals surface area contributed by atoms with E-state index in [-0.39, 0.29) is 11.8 Å². The summed E-state index contributed by atoms with van der Waals surface area (Å²) in [5.41, 5.74) is 3.83. The molecule has 2 heterocycles. The third kappa shape index (κ3) is 4.56. The molecule has 0 bridgehead atoms. The van der Waals surface area contributed by atoms with E-state index in [2.05, 4.69) is 31.2 Å². The van der Waals surface area contributed by atoms with Crippen LogP contribution < -0.4 is 10.6 Å². The summed E-state index contributed by atoms with van der Waals surface area (Å²) in [4.78, 5) is 20.6. The molecule has 0 saturated carbocycles. The molecule has 2 aromatic carbocycles. The first kappa shape index (κ1) is 22.9. The number of carbonyl (C=O) groups is 1. The van der Waals surface area contributed by atoms with Crippen LogP contribution in [0, 0.1) is 5.92 Å². The number of aliphatic imine (C=N–C) groups is 1. The van der Waals surface area contributed by atoms with Gasteiger partial charge in [0.2, 0.25) is 0 Å². The molecule has 5 rings (SSSR count). The number of benzene rings is 2. The Kier molecular flexibility index (Phi) is 6.85. The molecule has 7 heteroatoms. The van der Waals surface area contributed by atoms with E-state index in [1.165, 1.54) is 5.12 Å². The minimum absolute atomic E-state index is 0.0834. The topological polar surface area (TPSA) is 71.2 Å². The number of allylic oxidation sites excluding steroid dienone is 2. The van der Waals surface area contributed by atoms with Crippen LogP contribution in [0.25, 0.3) is 0 Å². The zero-order chi connectivity index (χ0) is 23.5. The second-order valence-corrected chi connectivity index (χ2v) is 9.81. The van der Waals surface area contributed by atoms with E-state index in [9.17, 15) is 4.79 Å². The lowest BCUT2D eigenvalue weighted by atomic mass is 9.96. The van der Waals surface area contributed by atoms with Gasteiger partial charge < -0.3 is 4.74 Å². The number of fused-ring (bicyclic) bond motifs is 1. The number of hydrogen-bond donors (Lipinski definition) is 1. The van der Waals surface area contributed by atoms with E-state index in [0.717, 1.165) is 70.4 Å². The van der Waals surface area contributed by atoms with Crippen molar-refractivity contribution in [2.75, 3.05) is 19.7 Å². The Hall–Kier alpha value is -2.87. The maximum atomic E-state index is 13.2. The summed E-state index contributed by atoms with van der Waals surface area (Å²) in [5, 5.41) is 3.26. The first-order valence-corrected chi connectivity index (χ1v) is 12.8. The fourth-order valence-electron chi connectivity index (χ4n) is 4.54. The fourth-order valence-corrected chi connectivity index (χ4v) is 5.59. The van der Waals surface area contributed by atoms with Crippen molar-refractivity contribution in [1.29, 1.82) is 0 Å². The first-order valence-electron chi connectivity index (χ1n) is 12.0. The van der Waals surface area contributed by atoms with Gasteiger partial charge in [-0.3, -0.25) is 9.79 Å². The standard InChI is InChI=1S/C27H30N4O2S/c1-2-17-33-23-11-5-3-9-20(23)26-21-10-4-6-12-24(21)34-25-14-13-19(18-22(25)29-26)27(32)31(28)30-15-7-8-16-30/h3-6,9-14,19H,2,7-8,15-18,28H2,1H3. The Morgan fingerprint density at radius 1 is 1.15 bits per heavy atom. The van der Waals surface area contributed by atoms with Crippen LogP contribution in [0.2, 0.25) is 0 Å². The van der Waals surface area contributed by atoms with Crippen LogP contribution in [0.3, 0.4) is 0 Å². The van der Waals surface area contributed by atoms with Gasteiger partial charge in [0.25, 0.3) is 5.91 Å². The van der Waals surface area contributed by atoms with Crippen LogP contribution in [-0.2, 0) is 4.79 Å². The molecule has 2 aromatic rings. The summed E-state index contributed by atoms with van der Waals surface area (Å²) in [5.74, 6) is 6.62. The van der Waals surface area contributed by atoms with Gasteiger partial charge in [0.15, 0.2) is 0 Å². The molecular formula is C27H30N4O2S. The van der Waals surface area contributed by atoms with Crippen LogP contribution in [0.4, 0.5) is 0 Å². The minimum Gasteiger partial charge on any atom is -0.493 e. The Morgan fingerprint density at radius 3 is 2.68 bits per heavy atom. The highest BCUT2D eigenvalue weighted by Crippen LogP contribution is 2.42. The van der Waals surface area contributed by atoms with Gasteiger partial charge in [-0.25, -0.2) is 16.0 Å². The quantitative estimate of drug-likeness (QED) is 0.366. The maximum absolute atomic E-state index is 13.2. The van der Waals surface area contributed by atoms with Crippen molar-refractivity contribution in [3.63, 3.8) is 0 Å². The lowest BCUT2D eigenvalue weighted by Crippen LogP contribution is -2.52. The number of thioether (sulfide) groups is 1. The molecule has 1 saturated heterocycles. The molecule has 176 valence electrons. The van der Waals surface area contributed by atoms with E-state index < -0.39 is 0 Å². The molecular weight excluding hydrogens is 444 g/mol. The van der Waals surface area contributed by atoms with Gasteiger partial charge in [-0.15, -0.1) is 0 Å². The minimum atomic E-state index is -0.331. The number of amides is 1. The Labute approximate surface area is 205 Å². The van der Waals surface area contributed by atoms with Gasteiger partial charge in [-0.05, 0) is 43.5 Å². The van der Waals surface area contributed by atoms with Crippen molar-refractivity contribution in [3.8, 4) is 5.75 Å². The highest BCUT2D eigenvalue weighted by Gasteiger charge is 2.31. The van der Waals surface area contributed by atoms with Crippen molar-refractivity contribution in [1.82, 2.24) is 10.1 Å². The highest BCUT2D eigenvalue weighted by molar-refractivity contribution is 8.03. The lowest BCUT2D eigenvalue weighted by molar-refractivity contribution is -0.151. The number of nitrogens with zero attached hydrogens (tertiary/aromatic N) is 3. The first-order chi connectivity index (χ1) is 16.7. The second-order valence-electron chi connectivity index (χ2n) is 8.73. The molecule has 3 aliphatic rings. The van der Waals surface area contributed by atoms with Crippen molar-refractivity contribution in [2.24, 2.45) is 16.8 Å². The number of rotatable bonds is 6. The maximum Gasteiger partial charge on any atom is 0.258 e. The van der Waals surface area contributed by atoms with Gasteiger partial charge >= 0.3 is 0 Å². The van der Waals surface area contributed by atoms with Crippen LogP contribution in [0.15, 0.2) is 81.2 Å². The molecule has 1 amide bonds. The van der Waals surface area contributed by atoms with Crippen LogP contribution in [0.1, 0.15) is 43.7 Å². The summed E-state index contributed by atoms with van der Waals surface area (Å²) in [6, 6.07) is 16.4. The van der Waals surface area contributed by atoms with Crippen molar-refractivity contribution in [2.45, 2.75) is 37.5 Å². The molecule has 2 N–H and O–H groups in total. The summed E-state index contributed by atoms with van der Waals surface area (Å²) >= 11 is 1.70.